The second-order valence-electron chi connectivity index (χ2n) is 2.84. The minimum Gasteiger partial charge on any atom is -0.395 e. The van der Waals surface area contributed by atoms with E-state index in [0.29, 0.717) is 13.2 Å². The monoisotopic (exact) mass is 270 g/mol. The van der Waals surface area contributed by atoms with E-state index in [-0.39, 0.29) is 6.61 Å². The number of nitrogens with two attached hydrogens (primary N) is 1. The van der Waals surface area contributed by atoms with Crippen LogP contribution in [0.25, 0.3) is 0 Å². The molecule has 0 spiro atoms. The second kappa shape index (κ2) is 24.7. The second-order valence-corrected chi connectivity index (χ2v) is 3.34. The third-order valence-electron chi connectivity index (χ3n) is 1.26. The predicted octanol–water partition coefficient (Wildman–Crippen LogP) is 0.945. The van der Waals surface area contributed by atoms with Crippen molar-refractivity contribution in [3.05, 3.63) is 12.7 Å². The Balaban J connectivity index is -0.000000205. The summed E-state index contributed by atoms with van der Waals surface area (Å²) >= 11 is 0. The Morgan fingerprint density at radius 1 is 1.41 bits per heavy atom. The summed E-state index contributed by atoms with van der Waals surface area (Å²) in [7, 11) is -2.87. The average Bonchev–Trinajstić information content (AvgIpc) is 2.29. The van der Waals surface area contributed by atoms with Crippen LogP contribution in [0, 0.1) is 0 Å². The van der Waals surface area contributed by atoms with E-state index in [9.17, 15) is 0 Å². The number of hydrogen-bond acceptors (Lipinski definition) is 4. The van der Waals surface area contributed by atoms with Crippen LogP contribution >= 0.6 is 8.25 Å². The van der Waals surface area contributed by atoms with Crippen molar-refractivity contribution in [3.63, 3.8) is 0 Å². The fourth-order valence-electron chi connectivity index (χ4n) is 0.621. The van der Waals surface area contributed by atoms with Crippen LogP contribution in [0.3, 0.4) is 0 Å². The van der Waals surface area contributed by atoms with Gasteiger partial charge in [0.15, 0.2) is 0 Å². The van der Waals surface area contributed by atoms with Gasteiger partial charge in [-0.2, -0.15) is 0 Å². The van der Waals surface area contributed by atoms with E-state index in [2.05, 4.69) is 13.5 Å². The SMILES string of the molecule is C=CCOCCCCC.NCCO.O=[P+](O)O. The van der Waals surface area contributed by atoms with E-state index in [4.69, 9.17) is 29.9 Å². The molecule has 0 unspecified atom stereocenters. The molecule has 0 bridgehead atoms. The van der Waals surface area contributed by atoms with E-state index in [1.54, 1.807) is 6.08 Å². The summed E-state index contributed by atoms with van der Waals surface area (Å²) < 4.78 is 13.9. The summed E-state index contributed by atoms with van der Waals surface area (Å²) in [5.74, 6) is 0. The van der Waals surface area contributed by atoms with Gasteiger partial charge in [-0.15, -0.1) is 16.4 Å². The summed E-state index contributed by atoms with van der Waals surface area (Å²) in [5.41, 5.74) is 4.78. The van der Waals surface area contributed by atoms with Crippen molar-refractivity contribution in [1.29, 1.82) is 0 Å². The first-order chi connectivity index (χ1) is 8.06. The Labute approximate surface area is 104 Å². The molecule has 0 radical (unpaired) electrons. The van der Waals surface area contributed by atoms with Crippen LogP contribution in [0.1, 0.15) is 26.2 Å². The molecule has 0 saturated carbocycles. The highest BCUT2D eigenvalue weighted by Crippen LogP contribution is 1.98. The van der Waals surface area contributed by atoms with Gasteiger partial charge in [-0.05, 0) is 6.42 Å². The molecule has 0 aliphatic rings. The minimum atomic E-state index is -2.87. The Bertz CT molecular complexity index is 152. The van der Waals surface area contributed by atoms with Gasteiger partial charge in [0.05, 0.1) is 13.2 Å². The molecule has 0 saturated heterocycles. The van der Waals surface area contributed by atoms with Gasteiger partial charge in [-0.3, -0.25) is 0 Å². The van der Waals surface area contributed by atoms with Crippen molar-refractivity contribution < 1.29 is 24.2 Å². The lowest BCUT2D eigenvalue weighted by Crippen LogP contribution is -2.02. The van der Waals surface area contributed by atoms with Crippen molar-refractivity contribution in [1.82, 2.24) is 0 Å². The Morgan fingerprint density at radius 2 is 1.88 bits per heavy atom. The van der Waals surface area contributed by atoms with E-state index in [1.807, 2.05) is 0 Å². The van der Waals surface area contributed by atoms with Gasteiger partial charge in [0, 0.05) is 17.7 Å². The third kappa shape index (κ3) is 66.0. The highest BCUT2D eigenvalue weighted by atomic mass is 31.1. The summed E-state index contributed by atoms with van der Waals surface area (Å²) in [5, 5.41) is 7.75. The quantitative estimate of drug-likeness (QED) is 0.311. The van der Waals surface area contributed by atoms with Crippen molar-refractivity contribution in [2.45, 2.75) is 26.2 Å². The average molecular weight is 270 g/mol. The molecule has 0 rings (SSSR count). The van der Waals surface area contributed by atoms with Crippen molar-refractivity contribution >= 4 is 8.25 Å². The molecule has 0 aromatic rings. The maximum atomic E-state index is 8.70. The van der Waals surface area contributed by atoms with Crippen LogP contribution in [0.4, 0.5) is 0 Å². The molecule has 0 amide bonds. The minimum absolute atomic E-state index is 0.0972. The summed E-state index contributed by atoms with van der Waals surface area (Å²) in [6.07, 6.45) is 5.50. The topological polar surface area (TPSA) is 113 Å². The molecule has 0 fully saturated rings. The molecule has 17 heavy (non-hydrogen) atoms. The molecule has 6 nitrogen and oxygen atoms in total. The predicted molar refractivity (Wildman–Crippen MR) is 68.7 cm³/mol. The zero-order chi connectivity index (χ0) is 13.9. The summed E-state index contributed by atoms with van der Waals surface area (Å²) in [6.45, 7) is 7.80. The number of unbranched alkanes of at least 4 members (excludes halogenated alkanes) is 2. The Morgan fingerprint density at radius 3 is 2.18 bits per heavy atom. The van der Waals surface area contributed by atoms with Crippen LogP contribution in [0.15, 0.2) is 12.7 Å². The zero-order valence-electron chi connectivity index (χ0n) is 10.4. The molecular formula is C10H25NO5P+. The third-order valence-corrected chi connectivity index (χ3v) is 1.26. The number of aliphatic hydroxyl groups excluding tert-OH is 1. The number of rotatable bonds is 7. The van der Waals surface area contributed by atoms with Crippen LogP contribution in [-0.2, 0) is 9.30 Å². The van der Waals surface area contributed by atoms with Crippen molar-refractivity contribution in [3.8, 4) is 0 Å². The maximum Gasteiger partial charge on any atom is 0.692 e. The summed E-state index contributed by atoms with van der Waals surface area (Å²) in [6, 6.07) is 0. The maximum absolute atomic E-state index is 8.70. The molecule has 0 aromatic carbocycles. The number of ether oxygens (including phenoxy) is 1. The van der Waals surface area contributed by atoms with E-state index in [1.165, 1.54) is 19.3 Å². The van der Waals surface area contributed by atoms with E-state index in [0.717, 1.165) is 6.61 Å². The van der Waals surface area contributed by atoms with E-state index >= 15 is 0 Å². The van der Waals surface area contributed by atoms with Crippen LogP contribution in [-0.4, -0.2) is 41.3 Å². The molecule has 0 aromatic heterocycles. The smallest absolute Gasteiger partial charge is 0.395 e. The first-order valence-electron chi connectivity index (χ1n) is 5.41. The molecule has 0 aliphatic carbocycles. The van der Waals surface area contributed by atoms with Crippen molar-refractivity contribution in [2.75, 3.05) is 26.4 Å². The lowest BCUT2D eigenvalue weighted by molar-refractivity contribution is 0.158. The van der Waals surface area contributed by atoms with Gasteiger partial charge in [-0.25, -0.2) is 0 Å². The zero-order valence-corrected chi connectivity index (χ0v) is 11.3. The van der Waals surface area contributed by atoms with Crippen molar-refractivity contribution in [2.24, 2.45) is 5.73 Å². The standard InChI is InChI=1S/C8H16O.C2H7NO.HO3P/c1-3-5-6-8-9-7-4-2;3-1-2-4;1-4(2)3/h4H,2-3,5-8H2,1H3;4H,1-3H2;(H-,1,2,3)/p+1. The molecule has 0 heterocycles. The number of aliphatic hydroxyl groups is 1. The van der Waals surface area contributed by atoms with Gasteiger partial charge in [0.25, 0.3) is 0 Å². The molecule has 5 N–H and O–H groups in total. The Hall–Kier alpha value is -0.360. The molecule has 104 valence electrons. The molecular weight excluding hydrogens is 245 g/mol. The van der Waals surface area contributed by atoms with Crippen LogP contribution in [0.2, 0.25) is 0 Å². The molecule has 7 heteroatoms. The molecule has 0 atom stereocenters. The first kappa shape index (κ1) is 21.9. The van der Waals surface area contributed by atoms with Gasteiger partial charge < -0.3 is 15.6 Å². The van der Waals surface area contributed by atoms with Gasteiger partial charge >= 0.3 is 8.25 Å². The first-order valence-corrected chi connectivity index (χ1v) is 6.57. The van der Waals surface area contributed by atoms with Crippen LogP contribution < -0.4 is 5.73 Å². The Kier molecular flexibility index (Phi) is 31.8. The lowest BCUT2D eigenvalue weighted by atomic mass is 10.3. The fraction of sp³-hybridized carbons (Fsp3) is 0.800. The van der Waals surface area contributed by atoms with Crippen LogP contribution in [0.5, 0.6) is 0 Å². The normalized spacial score (nSPS) is 8.29. The number of hydrogen-bond donors (Lipinski definition) is 4. The van der Waals surface area contributed by atoms with Gasteiger partial charge in [0.1, 0.15) is 0 Å². The highest BCUT2D eigenvalue weighted by Gasteiger charge is 1.93. The largest absolute Gasteiger partial charge is 0.692 e. The fourth-order valence-corrected chi connectivity index (χ4v) is 0.621. The molecule has 0 aliphatic heterocycles. The highest BCUT2D eigenvalue weighted by molar-refractivity contribution is 7.30. The van der Waals surface area contributed by atoms with E-state index < -0.39 is 8.25 Å². The van der Waals surface area contributed by atoms with Gasteiger partial charge in [0.2, 0.25) is 0 Å². The summed E-state index contributed by atoms with van der Waals surface area (Å²) in [4.78, 5) is 14.2. The van der Waals surface area contributed by atoms with Gasteiger partial charge in [-0.1, -0.05) is 25.8 Å². The lowest BCUT2D eigenvalue weighted by Gasteiger charge is -1.97.